The van der Waals surface area contributed by atoms with Crippen LogP contribution < -0.4 is 20.9 Å². The van der Waals surface area contributed by atoms with Gasteiger partial charge in [-0.1, -0.05) is 30.3 Å². The average molecular weight is 658 g/mol. The van der Waals surface area contributed by atoms with Crippen LogP contribution in [0.3, 0.4) is 0 Å². The molecule has 6 rings (SSSR count). The Hall–Kier alpha value is -4.35. The van der Waals surface area contributed by atoms with Crippen LogP contribution >= 0.6 is 11.3 Å². The molecule has 1 saturated heterocycles. The molecule has 3 amide bonds. The highest BCUT2D eigenvalue weighted by Crippen LogP contribution is 2.42. The van der Waals surface area contributed by atoms with E-state index in [1.807, 2.05) is 70.1 Å². The number of benzene rings is 2. The Bertz CT molecular complexity index is 1810. The smallest absolute Gasteiger partial charge is 0.240 e. The summed E-state index contributed by atoms with van der Waals surface area (Å²) in [6.07, 6.45) is 3.46. The van der Waals surface area contributed by atoms with Crippen molar-refractivity contribution in [2.45, 2.75) is 70.6 Å². The molecule has 47 heavy (non-hydrogen) atoms. The van der Waals surface area contributed by atoms with Gasteiger partial charge in [0, 0.05) is 48.8 Å². The molecule has 246 valence electrons. The number of aryl methyl sites for hydroxylation is 1. The number of amides is 3. The lowest BCUT2D eigenvalue weighted by atomic mass is 9.85. The first kappa shape index (κ1) is 32.6. The quantitative estimate of drug-likeness (QED) is 0.224. The normalized spacial score (nSPS) is 17.3. The molecule has 2 aromatic carbocycles. The van der Waals surface area contributed by atoms with E-state index in [1.165, 1.54) is 0 Å². The second-order valence-electron chi connectivity index (χ2n) is 13.1. The molecule has 2 aromatic heterocycles. The van der Waals surface area contributed by atoms with Gasteiger partial charge in [-0.2, -0.15) is 11.3 Å². The number of para-hydroxylation sites is 2. The van der Waals surface area contributed by atoms with Gasteiger partial charge in [0.25, 0.3) is 0 Å². The van der Waals surface area contributed by atoms with E-state index in [9.17, 15) is 23.6 Å². The molecule has 0 spiro atoms. The number of ketones is 1. The van der Waals surface area contributed by atoms with Crippen molar-refractivity contribution >= 4 is 57.1 Å². The van der Waals surface area contributed by atoms with E-state index in [2.05, 4.69) is 5.32 Å². The van der Waals surface area contributed by atoms with Gasteiger partial charge in [0.05, 0.1) is 36.0 Å². The highest BCUT2D eigenvalue weighted by molar-refractivity contribution is 7.07. The number of nitrogens with two attached hydrogens (primary N) is 1. The van der Waals surface area contributed by atoms with Crippen LogP contribution in [0.1, 0.15) is 49.8 Å². The highest BCUT2D eigenvalue weighted by atomic mass is 32.1. The van der Waals surface area contributed by atoms with Crippen LogP contribution in [0, 0.1) is 5.92 Å². The topological polar surface area (TPSA) is 118 Å². The molecule has 2 aliphatic rings. The molecule has 2 aliphatic heterocycles. The molecule has 3 N–H and O–H groups in total. The zero-order valence-electron chi connectivity index (χ0n) is 26.7. The SMILES string of the molecule is CC(C)(N)C(=O)N[C@H](Cc1cn(CCF)c2ccccc12)C(=O)CC1Cc2cccc(N3CCCC3=O)c2N(Cc2ccsc2)C1=O. The van der Waals surface area contributed by atoms with Gasteiger partial charge in [0.15, 0.2) is 5.78 Å². The van der Waals surface area contributed by atoms with Crippen molar-refractivity contribution in [3.05, 3.63) is 82.2 Å². The maximum atomic E-state index is 14.3. The monoisotopic (exact) mass is 657 g/mol. The van der Waals surface area contributed by atoms with E-state index < -0.39 is 30.1 Å². The molecule has 0 bridgehead atoms. The van der Waals surface area contributed by atoms with Crippen molar-refractivity contribution < 1.29 is 23.6 Å². The molecule has 0 aliphatic carbocycles. The van der Waals surface area contributed by atoms with Crippen LogP contribution in [0.4, 0.5) is 15.8 Å². The largest absolute Gasteiger partial charge is 0.345 e. The Kier molecular flexibility index (Phi) is 9.29. The number of thiophene rings is 1. The number of rotatable bonds is 12. The van der Waals surface area contributed by atoms with Crippen molar-refractivity contribution in [2.75, 3.05) is 23.0 Å². The third-order valence-electron chi connectivity index (χ3n) is 9.08. The fraction of sp³-hybridized carbons (Fsp3) is 0.389. The predicted octanol–water partition coefficient (Wildman–Crippen LogP) is 4.93. The maximum Gasteiger partial charge on any atom is 0.240 e. The first-order valence-corrected chi connectivity index (χ1v) is 17.0. The van der Waals surface area contributed by atoms with Gasteiger partial charge in [0.1, 0.15) is 6.67 Å². The number of fused-ring (bicyclic) bond motifs is 2. The summed E-state index contributed by atoms with van der Waals surface area (Å²) in [5.74, 6) is -1.60. The van der Waals surface area contributed by atoms with Crippen LogP contribution in [0.15, 0.2) is 65.5 Å². The fourth-order valence-corrected chi connectivity index (χ4v) is 7.36. The van der Waals surface area contributed by atoms with Crippen LogP contribution in [0.25, 0.3) is 10.9 Å². The van der Waals surface area contributed by atoms with Gasteiger partial charge in [-0.05, 0) is 72.3 Å². The number of anilines is 2. The minimum Gasteiger partial charge on any atom is -0.345 e. The van der Waals surface area contributed by atoms with Crippen LogP contribution in [0.2, 0.25) is 0 Å². The van der Waals surface area contributed by atoms with Gasteiger partial charge >= 0.3 is 0 Å². The number of nitrogens with zero attached hydrogens (tertiary/aromatic N) is 3. The first-order chi connectivity index (χ1) is 22.5. The van der Waals surface area contributed by atoms with Crippen molar-refractivity contribution in [1.82, 2.24) is 9.88 Å². The number of hydrogen-bond donors (Lipinski definition) is 2. The number of alkyl halides is 1. The molecule has 11 heteroatoms. The molecule has 2 atom stereocenters. The number of nitrogens with one attached hydrogen (secondary N) is 1. The Morgan fingerprint density at radius 2 is 1.94 bits per heavy atom. The number of carbonyl (C=O) groups excluding carboxylic acids is 4. The third kappa shape index (κ3) is 6.73. The van der Waals surface area contributed by atoms with Crippen molar-refractivity contribution in [2.24, 2.45) is 11.7 Å². The lowest BCUT2D eigenvalue weighted by molar-refractivity contribution is -0.132. The van der Waals surface area contributed by atoms with Gasteiger partial charge in [-0.3, -0.25) is 19.2 Å². The van der Waals surface area contributed by atoms with Gasteiger partial charge in [0.2, 0.25) is 17.7 Å². The number of Topliss-reactive ketones (excluding diaryl/α,β-unsaturated/α-hetero) is 1. The Morgan fingerprint density at radius 1 is 1.13 bits per heavy atom. The molecule has 0 saturated carbocycles. The lowest BCUT2D eigenvalue weighted by Gasteiger charge is -2.37. The van der Waals surface area contributed by atoms with Crippen molar-refractivity contribution in [1.29, 1.82) is 0 Å². The van der Waals surface area contributed by atoms with E-state index in [0.29, 0.717) is 25.9 Å². The second-order valence-corrected chi connectivity index (χ2v) is 13.8. The summed E-state index contributed by atoms with van der Waals surface area (Å²) < 4.78 is 15.2. The summed E-state index contributed by atoms with van der Waals surface area (Å²) in [7, 11) is 0. The summed E-state index contributed by atoms with van der Waals surface area (Å²) in [4.78, 5) is 58.0. The predicted molar refractivity (Wildman–Crippen MR) is 182 cm³/mol. The molecular weight excluding hydrogens is 617 g/mol. The summed E-state index contributed by atoms with van der Waals surface area (Å²) in [6, 6.07) is 14.3. The Morgan fingerprint density at radius 3 is 2.64 bits per heavy atom. The summed E-state index contributed by atoms with van der Waals surface area (Å²) in [5, 5.41) is 7.69. The van der Waals surface area contributed by atoms with E-state index in [1.54, 1.807) is 35.0 Å². The minimum absolute atomic E-state index is 0.0351. The number of aromatic nitrogens is 1. The molecule has 0 radical (unpaired) electrons. The first-order valence-electron chi connectivity index (χ1n) is 16.0. The number of hydrogen-bond acceptors (Lipinski definition) is 6. The van der Waals surface area contributed by atoms with Gasteiger partial charge < -0.3 is 25.4 Å². The molecule has 4 heterocycles. The summed E-state index contributed by atoms with van der Waals surface area (Å²) >= 11 is 1.54. The minimum atomic E-state index is -1.24. The average Bonchev–Trinajstić information content (AvgIpc) is 3.79. The van der Waals surface area contributed by atoms with E-state index in [0.717, 1.165) is 45.4 Å². The zero-order chi connectivity index (χ0) is 33.3. The highest BCUT2D eigenvalue weighted by Gasteiger charge is 2.39. The van der Waals surface area contributed by atoms with Crippen LogP contribution in [-0.2, 0) is 45.1 Å². The van der Waals surface area contributed by atoms with Gasteiger partial charge in [-0.15, -0.1) is 0 Å². The van der Waals surface area contributed by atoms with E-state index in [4.69, 9.17) is 5.73 Å². The van der Waals surface area contributed by atoms with E-state index in [-0.39, 0.29) is 37.0 Å². The van der Waals surface area contributed by atoms with Crippen molar-refractivity contribution in [3.63, 3.8) is 0 Å². The van der Waals surface area contributed by atoms with E-state index >= 15 is 0 Å². The second kappa shape index (κ2) is 13.4. The molecule has 1 fully saturated rings. The third-order valence-corrected chi connectivity index (χ3v) is 9.81. The van der Waals surface area contributed by atoms with Crippen molar-refractivity contribution in [3.8, 4) is 0 Å². The molecule has 9 nitrogen and oxygen atoms in total. The molecule has 4 aromatic rings. The maximum absolute atomic E-state index is 14.3. The molecule has 1 unspecified atom stereocenters. The van der Waals surface area contributed by atoms with Crippen LogP contribution in [0.5, 0.6) is 0 Å². The molecular formula is C36H40FN5O4S. The Labute approximate surface area is 277 Å². The summed E-state index contributed by atoms with van der Waals surface area (Å²) in [5.41, 5.74) is 9.81. The standard InChI is InChI=1S/C36H40FN5O4S/c1-36(2,38)35(46)39-28(18-26-21-40(15-13-37)29-9-4-3-8-27(26)29)31(43)19-25-17-24-7-5-10-30(41-14-6-11-32(41)44)33(24)42(34(25)45)20-23-12-16-47-22-23/h3-5,7-10,12,16,21-22,25,28H,6,11,13-15,17-20,38H2,1-2H3,(H,39,46)/t25?,28-/m1/s1. The number of halogens is 1. The summed E-state index contributed by atoms with van der Waals surface area (Å²) in [6.45, 7) is 3.68. The van der Waals surface area contributed by atoms with Crippen LogP contribution in [-0.4, -0.2) is 52.9 Å². The Balaban J connectivity index is 1.32. The van der Waals surface area contributed by atoms with Gasteiger partial charge in [-0.25, -0.2) is 4.39 Å². The number of carbonyl (C=O) groups is 4. The fourth-order valence-electron chi connectivity index (χ4n) is 6.70. The zero-order valence-corrected chi connectivity index (χ0v) is 27.5. The lowest BCUT2D eigenvalue weighted by Crippen LogP contribution is -2.55.